The third kappa shape index (κ3) is 7.07. The minimum Gasteiger partial charge on any atom is -0.352 e. The number of carbonyl (C=O) groups is 1. The zero-order valence-electron chi connectivity index (χ0n) is 15.5. The lowest BCUT2D eigenvalue weighted by Gasteiger charge is -2.23. The van der Waals surface area contributed by atoms with Gasteiger partial charge in [0.05, 0.1) is 5.92 Å². The van der Waals surface area contributed by atoms with Gasteiger partial charge in [0.15, 0.2) is 0 Å². The predicted molar refractivity (Wildman–Crippen MR) is 112 cm³/mol. The maximum absolute atomic E-state index is 12.4. The standard InChI is InChI=1S/C20H31N3O.2ClH/c24-20(18-10-7-11-21-14-18)22-15-17-8-3-4-9-19(17)16-23-12-5-1-2-6-13-23;;/h3-4,8-9,18,21H,1-2,5-7,10-16H2,(H,22,24);2*1H. The van der Waals surface area contributed by atoms with Crippen LogP contribution in [-0.4, -0.2) is 37.0 Å². The summed E-state index contributed by atoms with van der Waals surface area (Å²) in [5.74, 6) is 0.336. The summed E-state index contributed by atoms with van der Waals surface area (Å²) in [6.45, 7) is 5.93. The van der Waals surface area contributed by atoms with Gasteiger partial charge in [-0.1, -0.05) is 37.1 Å². The minimum atomic E-state index is 0. The smallest absolute Gasteiger partial charge is 0.224 e. The van der Waals surface area contributed by atoms with Crippen LogP contribution in [0, 0.1) is 5.92 Å². The molecular weight excluding hydrogens is 369 g/mol. The van der Waals surface area contributed by atoms with Crippen molar-refractivity contribution in [1.82, 2.24) is 15.5 Å². The molecule has 26 heavy (non-hydrogen) atoms. The first-order valence-electron chi connectivity index (χ1n) is 9.60. The van der Waals surface area contributed by atoms with Crippen LogP contribution in [0.5, 0.6) is 0 Å². The number of nitrogens with one attached hydrogen (secondary N) is 2. The normalized spacial score (nSPS) is 21.0. The average Bonchev–Trinajstić information content (AvgIpc) is 2.90. The molecule has 1 atom stereocenters. The van der Waals surface area contributed by atoms with Gasteiger partial charge in [-0.3, -0.25) is 9.69 Å². The van der Waals surface area contributed by atoms with Crippen molar-refractivity contribution in [1.29, 1.82) is 0 Å². The van der Waals surface area contributed by atoms with Gasteiger partial charge >= 0.3 is 0 Å². The van der Waals surface area contributed by atoms with E-state index in [0.717, 1.165) is 32.5 Å². The van der Waals surface area contributed by atoms with Gasteiger partial charge in [0.25, 0.3) is 0 Å². The summed E-state index contributed by atoms with van der Waals surface area (Å²) in [5, 5.41) is 6.48. The maximum Gasteiger partial charge on any atom is 0.224 e. The second-order valence-electron chi connectivity index (χ2n) is 7.22. The summed E-state index contributed by atoms with van der Waals surface area (Å²) in [6, 6.07) is 8.57. The van der Waals surface area contributed by atoms with Gasteiger partial charge in [-0.05, 0) is 56.4 Å². The van der Waals surface area contributed by atoms with Crippen LogP contribution in [0.4, 0.5) is 0 Å². The molecule has 2 N–H and O–H groups in total. The number of carbonyl (C=O) groups excluding carboxylic acids is 1. The summed E-state index contributed by atoms with van der Waals surface area (Å²) in [6.07, 6.45) is 7.46. The topological polar surface area (TPSA) is 44.4 Å². The number of hydrogen-bond acceptors (Lipinski definition) is 3. The highest BCUT2D eigenvalue weighted by molar-refractivity contribution is 5.85. The van der Waals surface area contributed by atoms with Crippen LogP contribution in [0.1, 0.15) is 49.7 Å². The Hall–Kier alpha value is -0.810. The Morgan fingerprint density at radius 1 is 1.04 bits per heavy atom. The van der Waals surface area contributed by atoms with Crippen molar-refractivity contribution in [3.05, 3.63) is 35.4 Å². The molecule has 0 saturated carbocycles. The highest BCUT2D eigenvalue weighted by Crippen LogP contribution is 2.17. The molecule has 0 spiro atoms. The molecule has 0 aliphatic carbocycles. The third-order valence-electron chi connectivity index (χ3n) is 5.33. The Balaban J connectivity index is 0.00000169. The summed E-state index contributed by atoms with van der Waals surface area (Å²) in [7, 11) is 0. The third-order valence-corrected chi connectivity index (χ3v) is 5.33. The molecule has 2 aliphatic heterocycles. The Morgan fingerprint density at radius 3 is 2.38 bits per heavy atom. The van der Waals surface area contributed by atoms with Crippen molar-refractivity contribution in [2.45, 2.75) is 51.6 Å². The molecule has 2 heterocycles. The number of nitrogens with zero attached hydrogens (tertiary/aromatic N) is 1. The molecule has 6 heteroatoms. The van der Waals surface area contributed by atoms with E-state index >= 15 is 0 Å². The molecule has 1 aromatic rings. The summed E-state index contributed by atoms with van der Waals surface area (Å²) in [4.78, 5) is 14.9. The summed E-state index contributed by atoms with van der Waals surface area (Å²) < 4.78 is 0. The number of benzene rings is 1. The molecule has 0 radical (unpaired) electrons. The maximum atomic E-state index is 12.4. The first-order chi connectivity index (χ1) is 11.8. The van der Waals surface area contributed by atoms with Gasteiger partial charge in [0.2, 0.25) is 5.91 Å². The molecule has 0 bridgehead atoms. The van der Waals surface area contributed by atoms with Gasteiger partial charge in [0.1, 0.15) is 0 Å². The number of rotatable bonds is 5. The molecule has 1 amide bonds. The molecule has 1 unspecified atom stereocenters. The van der Waals surface area contributed by atoms with Crippen LogP contribution in [0.15, 0.2) is 24.3 Å². The van der Waals surface area contributed by atoms with E-state index in [1.54, 1.807) is 0 Å². The highest BCUT2D eigenvalue weighted by atomic mass is 35.5. The predicted octanol–water partition coefficient (Wildman–Crippen LogP) is 3.52. The van der Waals surface area contributed by atoms with E-state index in [1.165, 1.54) is 49.9 Å². The van der Waals surface area contributed by atoms with E-state index in [-0.39, 0.29) is 36.6 Å². The van der Waals surface area contributed by atoms with Crippen molar-refractivity contribution >= 4 is 30.7 Å². The van der Waals surface area contributed by atoms with Crippen LogP contribution in [0.25, 0.3) is 0 Å². The number of piperidine rings is 1. The molecule has 2 aliphatic rings. The molecule has 2 fully saturated rings. The highest BCUT2D eigenvalue weighted by Gasteiger charge is 2.20. The van der Waals surface area contributed by atoms with Gasteiger partial charge in [-0.25, -0.2) is 0 Å². The fraction of sp³-hybridized carbons (Fsp3) is 0.650. The van der Waals surface area contributed by atoms with Crippen LogP contribution in [0.2, 0.25) is 0 Å². The number of hydrogen-bond donors (Lipinski definition) is 2. The van der Waals surface area contributed by atoms with Crippen LogP contribution in [-0.2, 0) is 17.9 Å². The van der Waals surface area contributed by atoms with Crippen molar-refractivity contribution in [2.75, 3.05) is 26.2 Å². The lowest BCUT2D eigenvalue weighted by molar-refractivity contribution is -0.125. The van der Waals surface area contributed by atoms with E-state index in [1.807, 2.05) is 0 Å². The quantitative estimate of drug-likeness (QED) is 0.792. The number of halogens is 2. The molecule has 1 aromatic carbocycles. The Labute approximate surface area is 170 Å². The van der Waals surface area contributed by atoms with Crippen molar-refractivity contribution in [3.8, 4) is 0 Å². The van der Waals surface area contributed by atoms with Crippen LogP contribution in [0.3, 0.4) is 0 Å². The largest absolute Gasteiger partial charge is 0.352 e. The van der Waals surface area contributed by atoms with Crippen molar-refractivity contribution in [3.63, 3.8) is 0 Å². The van der Waals surface area contributed by atoms with E-state index in [9.17, 15) is 4.79 Å². The minimum absolute atomic E-state index is 0. The van der Waals surface area contributed by atoms with Gasteiger partial charge < -0.3 is 10.6 Å². The Morgan fingerprint density at radius 2 is 1.73 bits per heavy atom. The summed E-state index contributed by atoms with van der Waals surface area (Å²) >= 11 is 0. The zero-order chi connectivity index (χ0) is 16.6. The van der Waals surface area contributed by atoms with Crippen LogP contribution >= 0.6 is 24.8 Å². The first kappa shape index (κ1) is 23.2. The number of likely N-dealkylation sites (tertiary alicyclic amines) is 1. The fourth-order valence-electron chi connectivity index (χ4n) is 3.82. The van der Waals surface area contributed by atoms with Gasteiger partial charge in [-0.15, -0.1) is 24.8 Å². The monoisotopic (exact) mass is 401 g/mol. The Bertz CT molecular complexity index is 528. The van der Waals surface area contributed by atoms with Gasteiger partial charge in [0, 0.05) is 19.6 Å². The van der Waals surface area contributed by atoms with E-state index in [4.69, 9.17) is 0 Å². The molecular formula is C20H33Cl2N3O. The number of amides is 1. The Kier molecular flexibility index (Phi) is 11.2. The summed E-state index contributed by atoms with van der Waals surface area (Å²) in [5.41, 5.74) is 2.63. The molecule has 0 aromatic heterocycles. The van der Waals surface area contributed by atoms with Gasteiger partial charge in [-0.2, -0.15) is 0 Å². The first-order valence-corrected chi connectivity index (χ1v) is 9.60. The average molecular weight is 402 g/mol. The van der Waals surface area contributed by atoms with E-state index in [0.29, 0.717) is 6.54 Å². The fourth-order valence-corrected chi connectivity index (χ4v) is 3.82. The lowest BCUT2D eigenvalue weighted by Crippen LogP contribution is -2.40. The second-order valence-corrected chi connectivity index (χ2v) is 7.22. The van der Waals surface area contributed by atoms with Crippen molar-refractivity contribution < 1.29 is 4.79 Å². The molecule has 3 rings (SSSR count). The SMILES string of the molecule is Cl.Cl.O=C(NCc1ccccc1CN1CCCCCC1)C1CCCNC1. The molecule has 148 valence electrons. The van der Waals surface area contributed by atoms with E-state index < -0.39 is 0 Å². The van der Waals surface area contributed by atoms with E-state index in [2.05, 4.69) is 39.8 Å². The second kappa shape index (κ2) is 12.6. The zero-order valence-corrected chi connectivity index (χ0v) is 17.2. The van der Waals surface area contributed by atoms with Crippen molar-refractivity contribution in [2.24, 2.45) is 5.92 Å². The molecule has 2 saturated heterocycles. The van der Waals surface area contributed by atoms with Crippen LogP contribution < -0.4 is 10.6 Å². The lowest BCUT2D eigenvalue weighted by atomic mass is 9.98. The molecule has 4 nitrogen and oxygen atoms in total.